The van der Waals surface area contributed by atoms with Crippen LogP contribution in [-0.2, 0) is 10.0 Å². The zero-order chi connectivity index (χ0) is 16.0. The summed E-state index contributed by atoms with van der Waals surface area (Å²) in [5.74, 6) is -0.504. The molecule has 1 saturated carbocycles. The van der Waals surface area contributed by atoms with Crippen LogP contribution in [-0.4, -0.2) is 33.5 Å². The molecule has 22 heavy (non-hydrogen) atoms. The van der Waals surface area contributed by atoms with Crippen LogP contribution in [0.25, 0.3) is 0 Å². The molecule has 2 rings (SSSR count). The van der Waals surface area contributed by atoms with Gasteiger partial charge >= 0.3 is 0 Å². The molecule has 1 aliphatic rings. The summed E-state index contributed by atoms with van der Waals surface area (Å²) in [6.45, 7) is 1.14. The lowest BCUT2D eigenvalue weighted by Gasteiger charge is -2.16. The van der Waals surface area contributed by atoms with Crippen LogP contribution < -0.4 is 15.8 Å². The summed E-state index contributed by atoms with van der Waals surface area (Å²) in [7, 11) is -3.92. The molecule has 1 amide bonds. The van der Waals surface area contributed by atoms with Crippen LogP contribution in [0.2, 0.25) is 0 Å². The molecule has 4 N–H and O–H groups in total. The van der Waals surface area contributed by atoms with Crippen LogP contribution in [0, 0.1) is 0 Å². The van der Waals surface area contributed by atoms with Gasteiger partial charge in [-0.25, -0.2) is 13.6 Å². The minimum absolute atomic E-state index is 0.0570. The van der Waals surface area contributed by atoms with E-state index in [-0.39, 0.29) is 5.76 Å². The van der Waals surface area contributed by atoms with Crippen molar-refractivity contribution in [1.82, 2.24) is 10.6 Å². The standard InChI is InChI=1S/C14H23N3O4S/c15-22(19,20)13-8-7-12(21-13)14(18)17-10-9-16-11-5-3-1-2-4-6-11/h7-8,11,16H,1-6,9-10H2,(H,17,18)(H2,15,19,20). The summed E-state index contributed by atoms with van der Waals surface area (Å²) in [5, 5.41) is 10.6. The molecule has 0 atom stereocenters. The second-order valence-electron chi connectivity index (χ2n) is 5.56. The number of nitrogens with two attached hydrogens (primary N) is 1. The van der Waals surface area contributed by atoms with Gasteiger partial charge < -0.3 is 15.1 Å². The third-order valence-electron chi connectivity index (χ3n) is 3.78. The Labute approximate surface area is 130 Å². The molecular formula is C14H23N3O4S. The Bertz CT molecular complexity index is 589. The van der Waals surface area contributed by atoms with Gasteiger partial charge in [0.2, 0.25) is 5.09 Å². The topological polar surface area (TPSA) is 114 Å². The van der Waals surface area contributed by atoms with Crippen molar-refractivity contribution in [2.45, 2.75) is 49.7 Å². The predicted molar refractivity (Wildman–Crippen MR) is 81.9 cm³/mol. The summed E-state index contributed by atoms with van der Waals surface area (Å²) in [6.07, 6.45) is 7.49. The van der Waals surface area contributed by atoms with Crippen molar-refractivity contribution in [2.24, 2.45) is 5.14 Å². The molecular weight excluding hydrogens is 306 g/mol. The molecule has 0 bridgehead atoms. The second kappa shape index (κ2) is 7.75. The Morgan fingerprint density at radius 1 is 1.18 bits per heavy atom. The third kappa shape index (κ3) is 5.11. The van der Waals surface area contributed by atoms with Crippen molar-refractivity contribution >= 4 is 15.9 Å². The van der Waals surface area contributed by atoms with Gasteiger partial charge in [0.15, 0.2) is 5.76 Å². The van der Waals surface area contributed by atoms with Crippen molar-refractivity contribution in [3.63, 3.8) is 0 Å². The number of furan rings is 1. The van der Waals surface area contributed by atoms with Gasteiger partial charge in [-0.1, -0.05) is 25.7 Å². The molecule has 1 fully saturated rings. The molecule has 7 nitrogen and oxygen atoms in total. The average Bonchev–Trinajstić information content (AvgIpc) is 2.83. The Morgan fingerprint density at radius 2 is 1.86 bits per heavy atom. The van der Waals surface area contributed by atoms with Crippen molar-refractivity contribution < 1.29 is 17.6 Å². The number of carbonyl (C=O) groups excluding carboxylic acids is 1. The highest BCUT2D eigenvalue weighted by molar-refractivity contribution is 7.89. The number of carbonyl (C=O) groups is 1. The van der Waals surface area contributed by atoms with E-state index in [2.05, 4.69) is 10.6 Å². The molecule has 0 spiro atoms. The molecule has 0 radical (unpaired) electrons. The zero-order valence-corrected chi connectivity index (χ0v) is 13.3. The maximum Gasteiger partial charge on any atom is 0.287 e. The fraction of sp³-hybridized carbons (Fsp3) is 0.643. The number of amides is 1. The van der Waals surface area contributed by atoms with Gasteiger partial charge in [-0.2, -0.15) is 0 Å². The second-order valence-corrected chi connectivity index (χ2v) is 7.05. The number of hydrogen-bond donors (Lipinski definition) is 3. The maximum absolute atomic E-state index is 11.8. The SMILES string of the molecule is NS(=O)(=O)c1ccc(C(=O)NCCNC2CCCCCC2)o1. The quantitative estimate of drug-likeness (QED) is 0.531. The minimum atomic E-state index is -3.92. The van der Waals surface area contributed by atoms with Gasteiger partial charge in [0.1, 0.15) is 0 Å². The van der Waals surface area contributed by atoms with Gasteiger partial charge in [0, 0.05) is 19.1 Å². The fourth-order valence-electron chi connectivity index (χ4n) is 2.62. The molecule has 1 aromatic rings. The van der Waals surface area contributed by atoms with Gasteiger partial charge in [-0.15, -0.1) is 0 Å². The lowest BCUT2D eigenvalue weighted by Crippen LogP contribution is -2.36. The molecule has 0 aliphatic heterocycles. The highest BCUT2D eigenvalue weighted by Crippen LogP contribution is 2.16. The highest BCUT2D eigenvalue weighted by atomic mass is 32.2. The van der Waals surface area contributed by atoms with Gasteiger partial charge in [-0.05, 0) is 25.0 Å². The van der Waals surface area contributed by atoms with Crippen LogP contribution >= 0.6 is 0 Å². The zero-order valence-electron chi connectivity index (χ0n) is 12.5. The predicted octanol–water partition coefficient (Wildman–Crippen LogP) is 0.969. The molecule has 124 valence electrons. The fourth-order valence-corrected chi connectivity index (χ4v) is 3.08. The number of sulfonamides is 1. The summed E-state index contributed by atoms with van der Waals surface area (Å²) < 4.78 is 27.1. The molecule has 0 saturated heterocycles. The van der Waals surface area contributed by atoms with Crippen molar-refractivity contribution in [3.8, 4) is 0 Å². The molecule has 1 aliphatic carbocycles. The van der Waals surface area contributed by atoms with Crippen molar-refractivity contribution in [3.05, 3.63) is 17.9 Å². The Kier molecular flexibility index (Phi) is 5.98. The molecule has 0 aromatic carbocycles. The van der Waals surface area contributed by atoms with Crippen molar-refractivity contribution in [2.75, 3.05) is 13.1 Å². The molecule has 1 heterocycles. The van der Waals surface area contributed by atoms with E-state index in [4.69, 9.17) is 9.56 Å². The normalized spacial score (nSPS) is 17.1. The molecule has 1 aromatic heterocycles. The first kappa shape index (κ1) is 17.0. The van der Waals surface area contributed by atoms with Crippen LogP contribution in [0.4, 0.5) is 0 Å². The first-order valence-corrected chi connectivity index (χ1v) is 9.15. The smallest absolute Gasteiger partial charge is 0.287 e. The van der Waals surface area contributed by atoms with E-state index in [1.165, 1.54) is 50.7 Å². The highest BCUT2D eigenvalue weighted by Gasteiger charge is 2.17. The first-order chi connectivity index (χ1) is 10.5. The molecule has 8 heteroatoms. The van der Waals surface area contributed by atoms with E-state index >= 15 is 0 Å². The monoisotopic (exact) mass is 329 g/mol. The Hall–Kier alpha value is -1.38. The van der Waals surface area contributed by atoms with E-state index in [1.807, 2.05) is 0 Å². The van der Waals surface area contributed by atoms with Gasteiger partial charge in [0.25, 0.3) is 15.9 Å². The summed E-state index contributed by atoms with van der Waals surface area (Å²) >= 11 is 0. The summed E-state index contributed by atoms with van der Waals surface area (Å²) in [6, 6.07) is 3.00. The van der Waals surface area contributed by atoms with Crippen molar-refractivity contribution in [1.29, 1.82) is 0 Å². The van der Waals surface area contributed by atoms with E-state index < -0.39 is 21.0 Å². The first-order valence-electron chi connectivity index (χ1n) is 7.61. The summed E-state index contributed by atoms with van der Waals surface area (Å²) in [5.41, 5.74) is 0. The van der Waals surface area contributed by atoms with Crippen LogP contribution in [0.15, 0.2) is 21.6 Å². The van der Waals surface area contributed by atoms with Crippen LogP contribution in [0.1, 0.15) is 49.1 Å². The Balaban J connectivity index is 1.72. The van der Waals surface area contributed by atoms with Gasteiger partial charge in [0.05, 0.1) is 0 Å². The van der Waals surface area contributed by atoms with E-state index in [1.54, 1.807) is 0 Å². The Morgan fingerprint density at radius 3 is 2.45 bits per heavy atom. The average molecular weight is 329 g/mol. The lowest BCUT2D eigenvalue weighted by molar-refractivity contribution is 0.0920. The maximum atomic E-state index is 11.8. The van der Waals surface area contributed by atoms with Crippen LogP contribution in [0.3, 0.4) is 0 Å². The van der Waals surface area contributed by atoms with Gasteiger partial charge in [-0.3, -0.25) is 4.79 Å². The lowest BCUT2D eigenvalue weighted by atomic mass is 10.1. The largest absolute Gasteiger partial charge is 0.438 e. The number of rotatable bonds is 6. The molecule has 0 unspecified atom stereocenters. The van der Waals surface area contributed by atoms with E-state index in [0.717, 1.165) is 0 Å². The number of primary sulfonamides is 1. The minimum Gasteiger partial charge on any atom is -0.438 e. The van der Waals surface area contributed by atoms with E-state index in [0.29, 0.717) is 19.1 Å². The summed E-state index contributed by atoms with van der Waals surface area (Å²) in [4.78, 5) is 11.8. The number of nitrogens with one attached hydrogen (secondary N) is 2. The third-order valence-corrected chi connectivity index (χ3v) is 4.56. The van der Waals surface area contributed by atoms with E-state index in [9.17, 15) is 13.2 Å². The van der Waals surface area contributed by atoms with Crippen LogP contribution in [0.5, 0.6) is 0 Å². The number of hydrogen-bond acceptors (Lipinski definition) is 5.